The summed E-state index contributed by atoms with van der Waals surface area (Å²) in [6.07, 6.45) is 7.43. The van der Waals surface area contributed by atoms with Crippen LogP contribution in [0, 0.1) is 13.3 Å². The molecular formula is C60H71N4O9SY-. The Morgan fingerprint density at radius 3 is 2.12 bits per heavy atom. The minimum absolute atomic E-state index is 0. The van der Waals surface area contributed by atoms with Crippen molar-refractivity contribution in [1.82, 2.24) is 5.32 Å². The number of ether oxygens (including phenoxy) is 6. The molecule has 0 bridgehead atoms. The van der Waals surface area contributed by atoms with E-state index < -0.39 is 0 Å². The molecule has 5 aromatic rings. The Kier molecular flexibility index (Phi) is 19.4. The van der Waals surface area contributed by atoms with Gasteiger partial charge in [0.25, 0.3) is 11.8 Å². The summed E-state index contributed by atoms with van der Waals surface area (Å²) in [6.45, 7) is 10.7. The fourth-order valence-corrected chi connectivity index (χ4v) is 11.9. The van der Waals surface area contributed by atoms with E-state index in [1.54, 1.807) is 21.3 Å². The third kappa shape index (κ3) is 13.4. The summed E-state index contributed by atoms with van der Waals surface area (Å²) in [4.78, 5) is 46.8. The summed E-state index contributed by atoms with van der Waals surface area (Å²) >= 11 is 1.85. The summed E-state index contributed by atoms with van der Waals surface area (Å²) in [6, 6.07) is 30.9. The molecule has 0 aliphatic carbocycles. The monoisotopic (exact) mass is 1110 g/mol. The van der Waals surface area contributed by atoms with Crippen LogP contribution in [0.25, 0.3) is 0 Å². The number of para-hydroxylation sites is 2. The fourth-order valence-electron chi connectivity index (χ4n) is 10.8. The van der Waals surface area contributed by atoms with Gasteiger partial charge >= 0.3 is 0 Å². The van der Waals surface area contributed by atoms with Crippen molar-refractivity contribution in [3.63, 3.8) is 0 Å². The van der Waals surface area contributed by atoms with Crippen molar-refractivity contribution < 1.29 is 75.5 Å². The van der Waals surface area contributed by atoms with Gasteiger partial charge in [0, 0.05) is 105 Å². The standard InChI is InChI=1S/C60H71N4O9S.Y/c1-40-28-50-43(17-19-47-32-45-12-7-9-14-52(45)63(47)58(50)66)34-54(40)72-37-41-29-42(31-49(30-41)62(21-22-70-25-26-71-24-23-68-5)39-60(2,3)74-27-11-16-57(65)61-4)38-73-56-35-44-18-20-48-33-46-13-8-10-15-53(46)64(48)59(67)51(44)36-55(56)69-6;/h7-10,12-15,19,28-31,34-36,47-48H,11,16-18,20-27,32-33,37-39H2,1-6H3,(H,61,65);/q-1;/t47-,48-;/m1./s1. The van der Waals surface area contributed by atoms with Crippen LogP contribution >= 0.6 is 11.8 Å². The minimum atomic E-state index is -0.191. The van der Waals surface area contributed by atoms with E-state index in [9.17, 15) is 14.4 Å². The second-order valence-electron chi connectivity index (χ2n) is 20.3. The molecule has 0 fully saturated rings. The van der Waals surface area contributed by atoms with Crippen LogP contribution in [0.2, 0.25) is 0 Å². The normalized spacial score (nSPS) is 16.3. The van der Waals surface area contributed by atoms with E-state index in [0.29, 0.717) is 81.6 Å². The number of aryl methyl sites for hydroxylation is 2. The van der Waals surface area contributed by atoms with Gasteiger partial charge in [-0.1, -0.05) is 48.0 Å². The maximum atomic E-state index is 14.3. The third-order valence-corrected chi connectivity index (χ3v) is 15.9. The molecule has 0 saturated heterocycles. The number of carbonyl (C=O) groups excluding carboxylic acids is 3. The number of hydrogen-bond acceptors (Lipinski definition) is 11. The summed E-state index contributed by atoms with van der Waals surface area (Å²) < 4.78 is 36.2. The molecule has 15 heteroatoms. The van der Waals surface area contributed by atoms with Gasteiger partial charge in [0.15, 0.2) is 11.5 Å². The van der Waals surface area contributed by atoms with Crippen LogP contribution in [0.4, 0.5) is 17.1 Å². The molecule has 395 valence electrons. The SMILES string of the molecule is CNC(=O)CCCSC(C)(C)CN(CCOCCOCCOC)c1cc(COc2cc3c(cc2C)C(=O)N2c4ccccc4C[C@H]2[CH-]C3)cc(COc2cc3c(cc2OC)C(=O)N2c4ccccc4C[C@H]2CC3)c1.[Y]. The van der Waals surface area contributed by atoms with Crippen LogP contribution in [-0.4, -0.2) is 108 Å². The van der Waals surface area contributed by atoms with Crippen LogP contribution in [0.15, 0.2) is 91.0 Å². The fraction of sp³-hybridized carbons (Fsp3) is 0.433. The molecule has 4 aliphatic rings. The van der Waals surface area contributed by atoms with E-state index in [1.165, 1.54) is 11.1 Å². The maximum Gasteiger partial charge on any atom is 0.258 e. The summed E-state index contributed by atoms with van der Waals surface area (Å²) in [7, 11) is 4.95. The van der Waals surface area contributed by atoms with Gasteiger partial charge in [-0.25, -0.2) is 0 Å². The Morgan fingerprint density at radius 1 is 0.760 bits per heavy atom. The number of fused-ring (bicyclic) bond motifs is 8. The summed E-state index contributed by atoms with van der Waals surface area (Å²) in [5.41, 5.74) is 11.4. The second-order valence-corrected chi connectivity index (χ2v) is 22.1. The van der Waals surface area contributed by atoms with Gasteiger partial charge in [0.05, 0.1) is 40.1 Å². The predicted octanol–water partition coefficient (Wildman–Crippen LogP) is 9.53. The van der Waals surface area contributed by atoms with Crippen molar-refractivity contribution in [1.29, 1.82) is 0 Å². The first-order valence-electron chi connectivity index (χ1n) is 26.1. The molecular weight excluding hydrogens is 1040 g/mol. The van der Waals surface area contributed by atoms with Gasteiger partial charge < -0.3 is 54.9 Å². The Hall–Kier alpha value is -4.96. The van der Waals surface area contributed by atoms with Crippen molar-refractivity contribution in [2.75, 3.05) is 87.8 Å². The molecule has 4 heterocycles. The summed E-state index contributed by atoms with van der Waals surface area (Å²) in [5.74, 6) is 2.71. The Bertz CT molecular complexity index is 2820. The predicted molar refractivity (Wildman–Crippen MR) is 293 cm³/mol. The number of benzene rings is 5. The van der Waals surface area contributed by atoms with Gasteiger partial charge in [-0.3, -0.25) is 14.4 Å². The van der Waals surface area contributed by atoms with Gasteiger partial charge in [-0.2, -0.15) is 18.2 Å². The van der Waals surface area contributed by atoms with Gasteiger partial charge in [0.1, 0.15) is 19.0 Å². The quantitative estimate of drug-likeness (QED) is 0.0469. The molecule has 0 spiro atoms. The van der Waals surface area contributed by atoms with E-state index in [0.717, 1.165) is 88.5 Å². The first-order valence-corrected chi connectivity index (χ1v) is 27.0. The van der Waals surface area contributed by atoms with Crippen LogP contribution < -0.4 is 34.2 Å². The van der Waals surface area contributed by atoms with Crippen LogP contribution in [0.3, 0.4) is 0 Å². The van der Waals surface area contributed by atoms with E-state index in [-0.39, 0.29) is 80.5 Å². The first-order chi connectivity index (χ1) is 35.9. The Balaban J connectivity index is 0.00000747. The van der Waals surface area contributed by atoms with E-state index in [1.807, 2.05) is 89.1 Å². The molecule has 5 aromatic carbocycles. The molecule has 75 heavy (non-hydrogen) atoms. The molecule has 2 atom stereocenters. The number of methoxy groups -OCH3 is 2. The van der Waals surface area contributed by atoms with Crippen molar-refractivity contribution >= 4 is 46.5 Å². The molecule has 0 saturated carbocycles. The van der Waals surface area contributed by atoms with Crippen molar-refractivity contribution in [2.24, 2.45) is 0 Å². The average molecular weight is 1110 g/mol. The van der Waals surface area contributed by atoms with Crippen LogP contribution in [0.1, 0.15) is 92.8 Å². The molecule has 1 N–H and O–H groups in total. The zero-order chi connectivity index (χ0) is 51.8. The Morgan fingerprint density at radius 2 is 1.40 bits per heavy atom. The molecule has 0 aromatic heterocycles. The Labute approximate surface area is 472 Å². The zero-order valence-corrected chi connectivity index (χ0v) is 48.1. The van der Waals surface area contributed by atoms with Gasteiger partial charge in [-0.15, -0.1) is 0 Å². The number of nitrogens with one attached hydrogen (secondary N) is 1. The summed E-state index contributed by atoms with van der Waals surface area (Å²) in [5, 5.41) is 2.74. The van der Waals surface area contributed by atoms with Crippen molar-refractivity contribution in [3.05, 3.63) is 147 Å². The second kappa shape index (κ2) is 25.9. The van der Waals surface area contributed by atoms with Crippen molar-refractivity contribution in [3.8, 4) is 17.2 Å². The molecule has 4 aliphatic heterocycles. The number of carbonyl (C=O) groups is 3. The molecule has 0 unspecified atom stereocenters. The number of thioether (sulfide) groups is 1. The third-order valence-electron chi connectivity index (χ3n) is 14.5. The number of anilines is 3. The molecule has 13 nitrogen and oxygen atoms in total. The molecule has 3 amide bonds. The number of amides is 3. The van der Waals surface area contributed by atoms with Crippen LogP contribution in [0.5, 0.6) is 17.2 Å². The van der Waals surface area contributed by atoms with Crippen molar-refractivity contribution in [2.45, 2.75) is 95.8 Å². The van der Waals surface area contributed by atoms with E-state index in [4.69, 9.17) is 28.4 Å². The average Bonchev–Trinajstić information content (AvgIpc) is 3.90. The number of nitrogens with zero attached hydrogens (tertiary/aromatic N) is 3. The molecule has 9 rings (SSSR count). The number of rotatable bonds is 24. The van der Waals surface area contributed by atoms with E-state index >= 15 is 0 Å². The smallest absolute Gasteiger partial charge is 0.258 e. The van der Waals surface area contributed by atoms with Gasteiger partial charge in [0.2, 0.25) is 5.91 Å². The van der Waals surface area contributed by atoms with Crippen LogP contribution in [-0.2, 0) is 90.6 Å². The van der Waals surface area contributed by atoms with Gasteiger partial charge in [-0.05, 0) is 147 Å². The maximum absolute atomic E-state index is 14.3. The minimum Gasteiger partial charge on any atom is -0.493 e. The first kappa shape index (κ1) is 56.3. The van der Waals surface area contributed by atoms with E-state index in [2.05, 4.69) is 60.8 Å². The largest absolute Gasteiger partial charge is 0.493 e. The zero-order valence-electron chi connectivity index (χ0n) is 44.4. The topological polar surface area (TPSA) is 128 Å². The number of hydrogen-bond donors (Lipinski definition) is 1. The molecule has 1 radical (unpaired) electrons.